The minimum atomic E-state index is -0.477. The monoisotopic (exact) mass is 243 g/mol. The average Bonchev–Trinajstić information content (AvgIpc) is 2.40. The Labute approximate surface area is 107 Å². The van der Waals surface area contributed by atoms with Crippen LogP contribution in [0.5, 0.6) is 0 Å². The van der Waals surface area contributed by atoms with Crippen molar-refractivity contribution in [1.82, 2.24) is 9.97 Å². The fourth-order valence-corrected chi connectivity index (χ4v) is 1.72. The summed E-state index contributed by atoms with van der Waals surface area (Å²) in [5.74, 6) is 0.832. The van der Waals surface area contributed by atoms with Gasteiger partial charge in [-0.25, -0.2) is 4.98 Å². The standard InChI is InChI=1S/C14H17N3O/c1-11(18)12-6-8-16-14(9-12)17(2)10-13-5-3-4-7-15-13/h3-9,11,18H,10H2,1-2H3/t11-/m0/s1. The summed E-state index contributed by atoms with van der Waals surface area (Å²) < 4.78 is 0. The number of rotatable bonds is 4. The van der Waals surface area contributed by atoms with Crippen LogP contribution in [-0.2, 0) is 6.54 Å². The maximum Gasteiger partial charge on any atom is 0.128 e. The third-order valence-electron chi connectivity index (χ3n) is 2.77. The molecule has 2 heterocycles. The molecule has 0 fully saturated rings. The summed E-state index contributed by atoms with van der Waals surface area (Å²) in [6.45, 7) is 2.44. The lowest BCUT2D eigenvalue weighted by Gasteiger charge is -2.18. The van der Waals surface area contributed by atoms with Crippen molar-refractivity contribution in [3.63, 3.8) is 0 Å². The van der Waals surface area contributed by atoms with Crippen molar-refractivity contribution in [1.29, 1.82) is 0 Å². The summed E-state index contributed by atoms with van der Waals surface area (Å²) in [6.07, 6.45) is 3.02. The smallest absolute Gasteiger partial charge is 0.128 e. The Morgan fingerprint density at radius 1 is 1.22 bits per heavy atom. The Kier molecular flexibility index (Phi) is 3.89. The number of aliphatic hydroxyl groups is 1. The fraction of sp³-hybridized carbons (Fsp3) is 0.286. The summed E-state index contributed by atoms with van der Waals surface area (Å²) in [5.41, 5.74) is 1.86. The molecular formula is C14H17N3O. The number of nitrogens with zero attached hydrogens (tertiary/aromatic N) is 3. The van der Waals surface area contributed by atoms with E-state index in [1.807, 2.05) is 42.3 Å². The van der Waals surface area contributed by atoms with E-state index < -0.39 is 6.10 Å². The Morgan fingerprint density at radius 3 is 2.72 bits per heavy atom. The van der Waals surface area contributed by atoms with E-state index in [1.165, 1.54) is 0 Å². The predicted octanol–water partition coefficient (Wildman–Crippen LogP) is 2.17. The molecule has 0 radical (unpaired) electrons. The van der Waals surface area contributed by atoms with Gasteiger partial charge >= 0.3 is 0 Å². The minimum absolute atomic E-state index is 0.477. The van der Waals surface area contributed by atoms with E-state index in [-0.39, 0.29) is 0 Å². The lowest BCUT2D eigenvalue weighted by atomic mass is 10.1. The van der Waals surface area contributed by atoms with Crippen LogP contribution in [0, 0.1) is 0 Å². The van der Waals surface area contributed by atoms with Gasteiger partial charge in [-0.15, -0.1) is 0 Å². The van der Waals surface area contributed by atoms with Crippen LogP contribution in [0.25, 0.3) is 0 Å². The summed E-state index contributed by atoms with van der Waals surface area (Å²) in [6, 6.07) is 9.57. The second kappa shape index (κ2) is 5.60. The zero-order valence-electron chi connectivity index (χ0n) is 10.6. The molecule has 0 aromatic carbocycles. The number of hydrogen-bond acceptors (Lipinski definition) is 4. The van der Waals surface area contributed by atoms with Gasteiger partial charge in [0.2, 0.25) is 0 Å². The molecule has 0 aliphatic rings. The van der Waals surface area contributed by atoms with E-state index in [0.29, 0.717) is 6.54 Å². The first-order chi connectivity index (χ1) is 8.66. The molecule has 1 atom stereocenters. The molecule has 0 aliphatic carbocycles. The second-order valence-corrected chi connectivity index (χ2v) is 4.30. The summed E-state index contributed by atoms with van der Waals surface area (Å²) in [5, 5.41) is 9.56. The van der Waals surface area contributed by atoms with Gasteiger partial charge < -0.3 is 10.0 Å². The van der Waals surface area contributed by atoms with Gasteiger partial charge in [0.05, 0.1) is 18.3 Å². The lowest BCUT2D eigenvalue weighted by Crippen LogP contribution is -2.18. The van der Waals surface area contributed by atoms with E-state index in [2.05, 4.69) is 9.97 Å². The Morgan fingerprint density at radius 2 is 2.06 bits per heavy atom. The highest BCUT2D eigenvalue weighted by atomic mass is 16.3. The molecule has 2 aromatic heterocycles. The molecule has 0 saturated heterocycles. The molecule has 4 heteroatoms. The van der Waals surface area contributed by atoms with Crippen molar-refractivity contribution < 1.29 is 5.11 Å². The molecule has 0 saturated carbocycles. The lowest BCUT2D eigenvalue weighted by molar-refractivity contribution is 0.199. The maximum absolute atomic E-state index is 9.56. The molecule has 0 aliphatic heterocycles. The van der Waals surface area contributed by atoms with Gasteiger partial charge in [-0.2, -0.15) is 0 Å². The molecule has 18 heavy (non-hydrogen) atoms. The van der Waals surface area contributed by atoms with Crippen LogP contribution in [0.2, 0.25) is 0 Å². The largest absolute Gasteiger partial charge is 0.389 e. The first kappa shape index (κ1) is 12.5. The Hall–Kier alpha value is -1.94. The van der Waals surface area contributed by atoms with Crippen LogP contribution in [0.4, 0.5) is 5.82 Å². The Balaban J connectivity index is 2.14. The van der Waals surface area contributed by atoms with Crippen LogP contribution >= 0.6 is 0 Å². The second-order valence-electron chi connectivity index (χ2n) is 4.30. The van der Waals surface area contributed by atoms with Gasteiger partial charge in [-0.3, -0.25) is 4.98 Å². The first-order valence-corrected chi connectivity index (χ1v) is 5.92. The summed E-state index contributed by atoms with van der Waals surface area (Å²) >= 11 is 0. The highest BCUT2D eigenvalue weighted by Crippen LogP contribution is 2.18. The quantitative estimate of drug-likeness (QED) is 0.894. The van der Waals surface area contributed by atoms with Gasteiger partial charge in [-0.1, -0.05) is 6.07 Å². The topological polar surface area (TPSA) is 49.3 Å². The molecule has 2 aromatic rings. The Bertz CT molecular complexity index is 499. The highest BCUT2D eigenvalue weighted by Gasteiger charge is 2.07. The van der Waals surface area contributed by atoms with Crippen molar-refractivity contribution in [2.24, 2.45) is 0 Å². The normalized spacial score (nSPS) is 12.2. The SMILES string of the molecule is C[C@H](O)c1ccnc(N(C)Cc2ccccn2)c1. The molecule has 94 valence electrons. The van der Waals surface area contributed by atoms with E-state index in [0.717, 1.165) is 17.1 Å². The molecule has 1 N–H and O–H groups in total. The molecular weight excluding hydrogens is 226 g/mol. The molecule has 0 bridgehead atoms. The molecule has 0 unspecified atom stereocenters. The van der Waals surface area contributed by atoms with Crippen LogP contribution in [0.3, 0.4) is 0 Å². The molecule has 4 nitrogen and oxygen atoms in total. The summed E-state index contributed by atoms with van der Waals surface area (Å²) in [4.78, 5) is 10.6. The van der Waals surface area contributed by atoms with Gasteiger partial charge in [0.15, 0.2) is 0 Å². The van der Waals surface area contributed by atoms with E-state index in [4.69, 9.17) is 0 Å². The number of aromatic nitrogens is 2. The van der Waals surface area contributed by atoms with Crippen molar-refractivity contribution >= 4 is 5.82 Å². The van der Waals surface area contributed by atoms with Crippen LogP contribution in [0.15, 0.2) is 42.7 Å². The zero-order chi connectivity index (χ0) is 13.0. The third kappa shape index (κ3) is 3.05. The van der Waals surface area contributed by atoms with Crippen molar-refractivity contribution in [2.75, 3.05) is 11.9 Å². The van der Waals surface area contributed by atoms with Gasteiger partial charge in [0.1, 0.15) is 5.82 Å². The van der Waals surface area contributed by atoms with Crippen LogP contribution < -0.4 is 4.90 Å². The highest BCUT2D eigenvalue weighted by molar-refractivity contribution is 5.41. The van der Waals surface area contributed by atoms with Gasteiger partial charge in [0, 0.05) is 19.4 Å². The van der Waals surface area contributed by atoms with Gasteiger partial charge in [-0.05, 0) is 36.8 Å². The van der Waals surface area contributed by atoms with E-state index in [9.17, 15) is 5.11 Å². The van der Waals surface area contributed by atoms with Crippen LogP contribution in [-0.4, -0.2) is 22.1 Å². The summed E-state index contributed by atoms with van der Waals surface area (Å²) in [7, 11) is 1.96. The minimum Gasteiger partial charge on any atom is -0.389 e. The van der Waals surface area contributed by atoms with Crippen molar-refractivity contribution in [3.05, 3.63) is 54.0 Å². The number of pyridine rings is 2. The fourth-order valence-electron chi connectivity index (χ4n) is 1.72. The van der Waals surface area contributed by atoms with Crippen molar-refractivity contribution in [2.45, 2.75) is 19.6 Å². The zero-order valence-corrected chi connectivity index (χ0v) is 10.6. The van der Waals surface area contributed by atoms with Crippen molar-refractivity contribution in [3.8, 4) is 0 Å². The maximum atomic E-state index is 9.56. The van der Waals surface area contributed by atoms with Crippen LogP contribution in [0.1, 0.15) is 24.3 Å². The molecule has 0 spiro atoms. The molecule has 2 rings (SSSR count). The first-order valence-electron chi connectivity index (χ1n) is 5.92. The number of hydrogen-bond donors (Lipinski definition) is 1. The van der Waals surface area contributed by atoms with E-state index in [1.54, 1.807) is 19.3 Å². The predicted molar refractivity (Wildman–Crippen MR) is 71.2 cm³/mol. The molecule has 0 amide bonds. The number of anilines is 1. The van der Waals surface area contributed by atoms with E-state index >= 15 is 0 Å². The number of aliphatic hydroxyl groups excluding tert-OH is 1. The van der Waals surface area contributed by atoms with Gasteiger partial charge in [0.25, 0.3) is 0 Å². The average molecular weight is 243 g/mol. The third-order valence-corrected chi connectivity index (χ3v) is 2.77.